The van der Waals surface area contributed by atoms with Gasteiger partial charge < -0.3 is 4.98 Å². The Morgan fingerprint density at radius 2 is 1.75 bits per heavy atom. The summed E-state index contributed by atoms with van der Waals surface area (Å²) in [6.07, 6.45) is 0.775. The molecule has 1 N–H and O–H groups in total. The van der Waals surface area contributed by atoms with Gasteiger partial charge in [0.05, 0.1) is 10.7 Å². The van der Waals surface area contributed by atoms with Gasteiger partial charge in [-0.05, 0) is 18.2 Å². The lowest BCUT2D eigenvalue weighted by atomic mass is 10.1. The summed E-state index contributed by atoms with van der Waals surface area (Å²) in [6, 6.07) is 10.6. The number of hydrogen-bond acceptors (Lipinski definition) is 1. The number of aldehydes is 1. The highest BCUT2D eigenvalue weighted by molar-refractivity contribution is 6.40. The molecule has 0 aliphatic rings. The second-order valence-corrected chi connectivity index (χ2v) is 5.57. The number of benzene rings is 2. The summed E-state index contributed by atoms with van der Waals surface area (Å²) in [6.45, 7) is 0. The number of aromatic nitrogens is 1. The normalized spacial score (nSPS) is 10.9. The second kappa shape index (κ2) is 5.13. The van der Waals surface area contributed by atoms with E-state index in [0.717, 1.165) is 11.8 Å². The van der Waals surface area contributed by atoms with Crippen molar-refractivity contribution in [2.75, 3.05) is 0 Å². The molecule has 0 amide bonds. The van der Waals surface area contributed by atoms with Crippen LogP contribution in [0.5, 0.6) is 0 Å². The van der Waals surface area contributed by atoms with Crippen LogP contribution in [-0.2, 0) is 0 Å². The fraction of sp³-hybridized carbons (Fsp3) is 0. The molecule has 2 nitrogen and oxygen atoms in total. The molecule has 1 aromatic heterocycles. The van der Waals surface area contributed by atoms with Crippen molar-refractivity contribution in [1.82, 2.24) is 4.98 Å². The Hall–Kier alpha value is -1.48. The molecule has 3 aromatic rings. The third-order valence-electron chi connectivity index (χ3n) is 3.11. The van der Waals surface area contributed by atoms with Gasteiger partial charge in [-0.15, -0.1) is 0 Å². The van der Waals surface area contributed by atoms with Gasteiger partial charge in [-0.1, -0.05) is 53.0 Å². The van der Waals surface area contributed by atoms with Gasteiger partial charge >= 0.3 is 0 Å². The minimum atomic E-state index is 0.434. The lowest BCUT2D eigenvalue weighted by Crippen LogP contribution is -1.85. The average molecular weight is 325 g/mol. The monoisotopic (exact) mass is 323 g/mol. The van der Waals surface area contributed by atoms with E-state index in [0.29, 0.717) is 37.2 Å². The van der Waals surface area contributed by atoms with Gasteiger partial charge in [0.25, 0.3) is 0 Å². The fourth-order valence-corrected chi connectivity index (χ4v) is 3.09. The largest absolute Gasteiger partial charge is 0.354 e. The van der Waals surface area contributed by atoms with Gasteiger partial charge in [0.15, 0.2) is 6.29 Å². The van der Waals surface area contributed by atoms with Gasteiger partial charge in [-0.3, -0.25) is 4.79 Å². The third-order valence-corrected chi connectivity index (χ3v) is 3.96. The van der Waals surface area contributed by atoms with Gasteiger partial charge in [-0.2, -0.15) is 0 Å². The van der Waals surface area contributed by atoms with E-state index in [1.165, 1.54) is 0 Å². The molecule has 3 rings (SSSR count). The van der Waals surface area contributed by atoms with E-state index in [1.807, 2.05) is 18.2 Å². The first-order valence-electron chi connectivity index (χ1n) is 5.82. The molecule has 0 bridgehead atoms. The van der Waals surface area contributed by atoms with E-state index in [-0.39, 0.29) is 0 Å². The van der Waals surface area contributed by atoms with Crippen LogP contribution >= 0.6 is 34.8 Å². The van der Waals surface area contributed by atoms with Crippen molar-refractivity contribution in [2.45, 2.75) is 0 Å². The zero-order valence-electron chi connectivity index (χ0n) is 10.1. The van der Waals surface area contributed by atoms with Crippen molar-refractivity contribution < 1.29 is 4.79 Å². The van der Waals surface area contributed by atoms with Crippen LogP contribution in [0.4, 0.5) is 0 Å². The Labute approximate surface area is 130 Å². The van der Waals surface area contributed by atoms with Crippen LogP contribution in [-0.4, -0.2) is 11.3 Å². The molecule has 5 heteroatoms. The summed E-state index contributed by atoms with van der Waals surface area (Å²) in [5, 5.41) is 2.15. The maximum absolute atomic E-state index is 11.5. The molecule has 0 atom stereocenters. The Balaban J connectivity index is 2.40. The number of nitrogens with one attached hydrogen (secondary N) is 1. The second-order valence-electron chi connectivity index (χ2n) is 4.32. The van der Waals surface area contributed by atoms with Crippen LogP contribution in [0.3, 0.4) is 0 Å². The van der Waals surface area contributed by atoms with Crippen LogP contribution in [0.2, 0.25) is 15.1 Å². The first-order chi connectivity index (χ1) is 9.61. The Kier molecular flexibility index (Phi) is 3.47. The van der Waals surface area contributed by atoms with Crippen molar-refractivity contribution in [2.24, 2.45) is 0 Å². The summed E-state index contributed by atoms with van der Waals surface area (Å²) in [4.78, 5) is 14.6. The van der Waals surface area contributed by atoms with Gasteiger partial charge in [-0.25, -0.2) is 0 Å². The molecule has 20 heavy (non-hydrogen) atoms. The Morgan fingerprint density at radius 3 is 2.45 bits per heavy atom. The van der Waals surface area contributed by atoms with Gasteiger partial charge in [0, 0.05) is 32.1 Å². The van der Waals surface area contributed by atoms with E-state index < -0.39 is 0 Å². The van der Waals surface area contributed by atoms with Crippen molar-refractivity contribution >= 4 is 52.0 Å². The highest BCUT2D eigenvalue weighted by Crippen LogP contribution is 2.37. The van der Waals surface area contributed by atoms with E-state index in [4.69, 9.17) is 34.8 Å². The Bertz CT molecular complexity index is 823. The van der Waals surface area contributed by atoms with Gasteiger partial charge in [0.2, 0.25) is 0 Å². The topological polar surface area (TPSA) is 32.9 Å². The molecule has 0 unspecified atom stereocenters. The van der Waals surface area contributed by atoms with Crippen molar-refractivity contribution in [3.8, 4) is 11.3 Å². The minimum absolute atomic E-state index is 0.434. The fourth-order valence-electron chi connectivity index (χ4n) is 2.27. The van der Waals surface area contributed by atoms with Crippen LogP contribution in [0.1, 0.15) is 10.4 Å². The molecule has 0 saturated carbocycles. The standard InChI is InChI=1S/C15H8Cl3NO/c16-8-5-12(18)14-10(7-20)15(19-13(14)6-8)9-3-1-2-4-11(9)17/h1-7,19H. The molecule has 0 saturated heterocycles. The van der Waals surface area contributed by atoms with Crippen LogP contribution in [0.25, 0.3) is 22.2 Å². The van der Waals surface area contributed by atoms with E-state index in [1.54, 1.807) is 18.2 Å². The van der Waals surface area contributed by atoms with Crippen molar-refractivity contribution in [3.63, 3.8) is 0 Å². The number of H-pyrrole nitrogens is 1. The lowest BCUT2D eigenvalue weighted by Gasteiger charge is -2.02. The molecule has 0 aliphatic carbocycles. The smallest absolute Gasteiger partial charge is 0.152 e. The number of rotatable bonds is 2. The first-order valence-corrected chi connectivity index (χ1v) is 6.96. The zero-order valence-corrected chi connectivity index (χ0v) is 12.4. The summed E-state index contributed by atoms with van der Waals surface area (Å²) < 4.78 is 0. The van der Waals surface area contributed by atoms with Crippen LogP contribution in [0, 0.1) is 0 Å². The first kappa shape index (κ1) is 13.5. The molecule has 1 heterocycles. The minimum Gasteiger partial charge on any atom is -0.354 e. The number of carbonyl (C=O) groups is 1. The van der Waals surface area contributed by atoms with E-state index in [9.17, 15) is 4.79 Å². The number of carbonyl (C=O) groups excluding carboxylic acids is 1. The summed E-state index contributed by atoms with van der Waals surface area (Å²) >= 11 is 18.4. The summed E-state index contributed by atoms with van der Waals surface area (Å²) in [5.74, 6) is 0. The molecule has 0 aliphatic heterocycles. The number of hydrogen-bond donors (Lipinski definition) is 1. The SMILES string of the molecule is O=Cc1c(-c2ccccc2Cl)[nH]c2cc(Cl)cc(Cl)c12. The van der Waals surface area contributed by atoms with Gasteiger partial charge in [0.1, 0.15) is 0 Å². The molecule has 0 radical (unpaired) electrons. The maximum atomic E-state index is 11.5. The van der Waals surface area contributed by atoms with E-state index >= 15 is 0 Å². The lowest BCUT2D eigenvalue weighted by molar-refractivity contribution is 0.112. The van der Waals surface area contributed by atoms with E-state index in [2.05, 4.69) is 4.98 Å². The predicted molar refractivity (Wildman–Crippen MR) is 84.2 cm³/mol. The quantitative estimate of drug-likeness (QED) is 0.611. The van der Waals surface area contributed by atoms with Crippen LogP contribution < -0.4 is 0 Å². The third kappa shape index (κ3) is 2.10. The summed E-state index contributed by atoms with van der Waals surface area (Å²) in [7, 11) is 0. The molecular formula is C15H8Cl3NO. The molecular weight excluding hydrogens is 317 g/mol. The molecule has 0 fully saturated rings. The average Bonchev–Trinajstić information content (AvgIpc) is 2.77. The van der Waals surface area contributed by atoms with Crippen molar-refractivity contribution in [3.05, 3.63) is 57.0 Å². The van der Waals surface area contributed by atoms with Crippen molar-refractivity contribution in [1.29, 1.82) is 0 Å². The molecule has 2 aromatic carbocycles. The van der Waals surface area contributed by atoms with Crippen LogP contribution in [0.15, 0.2) is 36.4 Å². The zero-order chi connectivity index (χ0) is 14.3. The predicted octanol–water partition coefficient (Wildman–Crippen LogP) is 5.61. The highest BCUT2D eigenvalue weighted by Gasteiger charge is 2.17. The highest BCUT2D eigenvalue weighted by atomic mass is 35.5. The maximum Gasteiger partial charge on any atom is 0.152 e. The number of fused-ring (bicyclic) bond motifs is 1. The summed E-state index contributed by atoms with van der Waals surface area (Å²) in [5.41, 5.74) is 2.58. The molecule has 100 valence electrons. The number of halogens is 3. The Morgan fingerprint density at radius 1 is 1.00 bits per heavy atom. The number of aromatic amines is 1. The molecule has 0 spiro atoms.